The van der Waals surface area contributed by atoms with Gasteiger partial charge in [-0.05, 0) is 106 Å². The number of aryl methyl sites for hydroxylation is 6. The Balaban J connectivity index is 1.57. The van der Waals surface area contributed by atoms with E-state index in [4.69, 9.17) is 9.97 Å². The van der Waals surface area contributed by atoms with Crippen LogP contribution in [0.1, 0.15) is 39.2 Å². The lowest BCUT2D eigenvalue weighted by molar-refractivity contribution is 1.05. The number of hydrogen-bond acceptors (Lipinski definition) is 3. The number of aromatic nitrogens is 4. The average Bonchev–Trinajstić information content (AvgIpc) is 3.50. The Kier molecular flexibility index (Phi) is 6.13. The summed E-state index contributed by atoms with van der Waals surface area (Å²) in [6.45, 7) is 12.5. The third kappa shape index (κ3) is 4.22. The van der Waals surface area contributed by atoms with Gasteiger partial charge in [0.05, 0.1) is 39.0 Å². The molecule has 0 aliphatic rings. The van der Waals surface area contributed by atoms with Gasteiger partial charge in [0, 0.05) is 38.5 Å². The fraction of sp³-hybridized carbons (Fsp3) is 0.146. The van der Waals surface area contributed by atoms with E-state index in [1.165, 1.54) is 21.9 Å². The van der Waals surface area contributed by atoms with E-state index >= 15 is 0 Å². The third-order valence-corrected chi connectivity index (χ3v) is 9.10. The van der Waals surface area contributed by atoms with E-state index in [2.05, 4.69) is 122 Å². The van der Waals surface area contributed by atoms with Crippen LogP contribution in [-0.4, -0.2) is 19.1 Å². The summed E-state index contributed by atoms with van der Waals surface area (Å²) in [6.07, 6.45) is 0. The highest BCUT2D eigenvalue weighted by atomic mass is 15.0. The van der Waals surface area contributed by atoms with Crippen molar-refractivity contribution in [2.75, 3.05) is 0 Å². The molecule has 3 heterocycles. The van der Waals surface area contributed by atoms with Crippen LogP contribution in [0.5, 0.6) is 0 Å². The van der Waals surface area contributed by atoms with Gasteiger partial charge in [0.15, 0.2) is 5.82 Å². The van der Waals surface area contributed by atoms with Crippen LogP contribution >= 0.6 is 0 Å². The maximum atomic E-state index is 10.9. The Bertz CT molecular complexity index is 2470. The number of rotatable bonds is 3. The van der Waals surface area contributed by atoms with Gasteiger partial charge in [0.25, 0.3) is 0 Å². The molecular weight excluding hydrogens is 562 g/mol. The van der Waals surface area contributed by atoms with E-state index in [0.29, 0.717) is 11.4 Å². The summed E-state index contributed by atoms with van der Waals surface area (Å²) in [5, 5.41) is 15.5. The van der Waals surface area contributed by atoms with Gasteiger partial charge < -0.3 is 9.13 Å². The van der Waals surface area contributed by atoms with Crippen LogP contribution in [0.25, 0.3) is 66.4 Å². The quantitative estimate of drug-likeness (QED) is 0.204. The monoisotopic (exact) mass is 595 g/mol. The van der Waals surface area contributed by atoms with Gasteiger partial charge in [-0.3, -0.25) is 0 Å². The molecule has 0 saturated carbocycles. The van der Waals surface area contributed by atoms with Gasteiger partial charge in [-0.15, -0.1) is 0 Å². The summed E-state index contributed by atoms with van der Waals surface area (Å²) in [5.41, 5.74) is 13.9. The van der Waals surface area contributed by atoms with Gasteiger partial charge in [-0.1, -0.05) is 48.5 Å². The molecule has 0 aliphatic carbocycles. The number of nitrogens with zero attached hydrogens (tertiary/aromatic N) is 5. The molecule has 0 amide bonds. The van der Waals surface area contributed by atoms with E-state index < -0.39 is 0 Å². The largest absolute Gasteiger partial charge is 0.308 e. The molecule has 0 saturated heterocycles. The molecule has 0 atom stereocenters. The van der Waals surface area contributed by atoms with Crippen LogP contribution in [0.2, 0.25) is 0 Å². The number of hydrogen-bond donors (Lipinski definition) is 0. The fourth-order valence-corrected chi connectivity index (χ4v) is 7.06. The van der Waals surface area contributed by atoms with Crippen LogP contribution in [0.4, 0.5) is 0 Å². The average molecular weight is 596 g/mol. The molecular formula is C41H33N5. The second kappa shape index (κ2) is 10.2. The zero-order valence-corrected chi connectivity index (χ0v) is 26.9. The third-order valence-electron chi connectivity index (χ3n) is 9.10. The Hall–Kier alpha value is -5.73. The van der Waals surface area contributed by atoms with Crippen molar-refractivity contribution in [1.29, 1.82) is 5.26 Å². The van der Waals surface area contributed by atoms with E-state index in [0.717, 1.165) is 72.3 Å². The van der Waals surface area contributed by atoms with Crippen LogP contribution < -0.4 is 0 Å². The lowest BCUT2D eigenvalue weighted by Gasteiger charge is -2.18. The molecule has 3 aromatic heterocycles. The molecule has 0 aliphatic heterocycles. The molecule has 8 rings (SSSR count). The maximum absolute atomic E-state index is 10.9. The first-order valence-corrected chi connectivity index (χ1v) is 15.6. The van der Waals surface area contributed by atoms with Crippen LogP contribution in [-0.2, 0) is 0 Å². The first kappa shape index (κ1) is 27.8. The molecule has 0 unspecified atom stereocenters. The van der Waals surface area contributed by atoms with Crippen LogP contribution in [0.15, 0.2) is 91.0 Å². The summed E-state index contributed by atoms with van der Waals surface area (Å²) in [5.74, 6) is 0.640. The van der Waals surface area contributed by atoms with Gasteiger partial charge in [-0.2, -0.15) is 5.26 Å². The SMILES string of the molecule is Cc1ccc2c3ccc(C)cc3n(-c3cc(-c4nc(C)cc(C)n4)c(-n4c5cc(C)ccc5c5ccc(C)cc54)cc3C#N)c2c1. The highest BCUT2D eigenvalue weighted by Crippen LogP contribution is 2.40. The van der Waals surface area contributed by atoms with Gasteiger partial charge in [-0.25, -0.2) is 9.97 Å². The first-order valence-electron chi connectivity index (χ1n) is 15.6. The van der Waals surface area contributed by atoms with Gasteiger partial charge >= 0.3 is 0 Å². The Morgan fingerprint density at radius 1 is 0.478 bits per heavy atom. The van der Waals surface area contributed by atoms with Crippen molar-refractivity contribution >= 4 is 43.6 Å². The molecule has 5 aromatic carbocycles. The van der Waals surface area contributed by atoms with E-state index in [9.17, 15) is 5.26 Å². The minimum absolute atomic E-state index is 0.584. The van der Waals surface area contributed by atoms with Crippen molar-refractivity contribution in [2.24, 2.45) is 0 Å². The molecule has 0 radical (unpaired) electrons. The molecule has 5 nitrogen and oxygen atoms in total. The van der Waals surface area contributed by atoms with Gasteiger partial charge in [0.1, 0.15) is 6.07 Å². The van der Waals surface area contributed by atoms with Crippen molar-refractivity contribution in [3.05, 3.63) is 130 Å². The number of benzene rings is 5. The zero-order chi connectivity index (χ0) is 31.9. The van der Waals surface area contributed by atoms with Gasteiger partial charge in [0.2, 0.25) is 0 Å². The van der Waals surface area contributed by atoms with Crippen molar-refractivity contribution in [3.8, 4) is 28.8 Å². The number of fused-ring (bicyclic) bond motifs is 6. The Labute approximate surface area is 268 Å². The molecule has 0 N–H and O–H groups in total. The molecule has 0 fully saturated rings. The smallest absolute Gasteiger partial charge is 0.161 e. The number of nitriles is 1. The molecule has 46 heavy (non-hydrogen) atoms. The minimum Gasteiger partial charge on any atom is -0.308 e. The normalized spacial score (nSPS) is 11.7. The highest BCUT2D eigenvalue weighted by Gasteiger charge is 2.23. The lowest BCUT2D eigenvalue weighted by Crippen LogP contribution is -2.06. The second-order valence-corrected chi connectivity index (χ2v) is 12.7. The Morgan fingerprint density at radius 2 is 0.870 bits per heavy atom. The molecule has 222 valence electrons. The maximum Gasteiger partial charge on any atom is 0.161 e. The fourth-order valence-electron chi connectivity index (χ4n) is 7.06. The van der Waals surface area contributed by atoms with Crippen molar-refractivity contribution < 1.29 is 0 Å². The van der Waals surface area contributed by atoms with Crippen LogP contribution in [0, 0.1) is 52.9 Å². The predicted octanol–water partition coefficient (Wildman–Crippen LogP) is 10.1. The molecule has 8 aromatic rings. The minimum atomic E-state index is 0.584. The van der Waals surface area contributed by atoms with Crippen molar-refractivity contribution in [1.82, 2.24) is 19.1 Å². The zero-order valence-electron chi connectivity index (χ0n) is 26.9. The predicted molar refractivity (Wildman–Crippen MR) is 189 cm³/mol. The first-order chi connectivity index (χ1) is 22.2. The van der Waals surface area contributed by atoms with E-state index in [1.807, 2.05) is 26.0 Å². The van der Waals surface area contributed by atoms with Crippen molar-refractivity contribution in [3.63, 3.8) is 0 Å². The lowest BCUT2D eigenvalue weighted by atomic mass is 10.0. The van der Waals surface area contributed by atoms with E-state index in [1.54, 1.807) is 0 Å². The second-order valence-electron chi connectivity index (χ2n) is 12.7. The summed E-state index contributed by atoms with van der Waals surface area (Å²) >= 11 is 0. The molecule has 0 bridgehead atoms. The van der Waals surface area contributed by atoms with E-state index in [-0.39, 0.29) is 0 Å². The summed E-state index contributed by atoms with van der Waals surface area (Å²) < 4.78 is 4.55. The Morgan fingerprint density at radius 3 is 1.26 bits per heavy atom. The molecule has 5 heteroatoms. The standard InChI is InChI=1S/C41H33N5/c1-23-7-11-30-31-12-8-24(2)16-37(31)45(36(30)15-23)35-21-34(41-43-27(5)19-28(6)44-41)40(20-29(35)22-42)46-38-17-25(3)9-13-32(38)33-14-10-26(4)18-39(33)46/h7-21H,1-6H3. The highest BCUT2D eigenvalue weighted by molar-refractivity contribution is 6.11. The van der Waals surface area contributed by atoms with Crippen LogP contribution in [0.3, 0.4) is 0 Å². The summed E-state index contributed by atoms with van der Waals surface area (Å²) in [4.78, 5) is 9.97. The topological polar surface area (TPSA) is 59.4 Å². The summed E-state index contributed by atoms with van der Waals surface area (Å²) in [7, 11) is 0. The molecule has 0 spiro atoms. The van der Waals surface area contributed by atoms with Crippen molar-refractivity contribution in [2.45, 2.75) is 41.5 Å². The summed E-state index contributed by atoms with van der Waals surface area (Å²) in [6, 6.07) is 35.1.